The third kappa shape index (κ3) is 3.53. The van der Waals surface area contributed by atoms with Crippen molar-refractivity contribution in [2.45, 2.75) is 25.7 Å². The van der Waals surface area contributed by atoms with Crippen LogP contribution in [0.4, 0.5) is 4.39 Å². The van der Waals surface area contributed by atoms with Crippen LogP contribution in [0, 0.1) is 11.7 Å². The topological polar surface area (TPSA) is 26.3 Å². The van der Waals surface area contributed by atoms with Gasteiger partial charge in [0.1, 0.15) is 11.6 Å². The lowest BCUT2D eigenvalue weighted by Crippen LogP contribution is -2.19. The predicted octanol–water partition coefficient (Wildman–Crippen LogP) is 3.41. The van der Waals surface area contributed by atoms with Crippen molar-refractivity contribution in [2.75, 3.05) is 13.2 Å². The van der Waals surface area contributed by atoms with Gasteiger partial charge in [-0.1, -0.05) is 23.7 Å². The van der Waals surface area contributed by atoms with Crippen molar-refractivity contribution in [3.05, 3.63) is 34.6 Å². The quantitative estimate of drug-likeness (QED) is 0.838. The fourth-order valence-corrected chi connectivity index (χ4v) is 2.44. The monoisotopic (exact) mass is 270 g/mol. The first-order valence-electron chi connectivity index (χ1n) is 6.19. The Kier molecular flexibility index (Phi) is 4.72. The number of Topliss-reactive ketones (excluding diaryl/α,β-unsaturated/α-hetero) is 1. The zero-order chi connectivity index (χ0) is 13.0. The summed E-state index contributed by atoms with van der Waals surface area (Å²) in [7, 11) is 0. The van der Waals surface area contributed by atoms with Gasteiger partial charge in [-0.15, -0.1) is 0 Å². The lowest BCUT2D eigenvalue weighted by atomic mass is 9.92. The summed E-state index contributed by atoms with van der Waals surface area (Å²) in [5.41, 5.74) is 0.388. The Morgan fingerprint density at radius 1 is 1.39 bits per heavy atom. The van der Waals surface area contributed by atoms with E-state index in [1.54, 1.807) is 12.1 Å². The molecule has 4 heteroatoms. The summed E-state index contributed by atoms with van der Waals surface area (Å²) in [4.78, 5) is 11.9. The number of hydrogen-bond donors (Lipinski definition) is 0. The third-order valence-corrected chi connectivity index (χ3v) is 3.57. The van der Waals surface area contributed by atoms with Crippen molar-refractivity contribution in [1.29, 1.82) is 0 Å². The first-order chi connectivity index (χ1) is 8.66. The number of ketones is 1. The van der Waals surface area contributed by atoms with Crippen LogP contribution >= 0.6 is 11.6 Å². The van der Waals surface area contributed by atoms with Gasteiger partial charge in [0.05, 0.1) is 5.02 Å². The maximum atomic E-state index is 13.6. The molecule has 0 amide bonds. The van der Waals surface area contributed by atoms with Crippen LogP contribution in [-0.2, 0) is 16.0 Å². The zero-order valence-corrected chi connectivity index (χ0v) is 10.9. The first-order valence-corrected chi connectivity index (χ1v) is 6.57. The minimum atomic E-state index is -0.473. The number of carbonyl (C=O) groups is 1. The van der Waals surface area contributed by atoms with Crippen LogP contribution in [0.25, 0.3) is 0 Å². The second-order valence-corrected chi connectivity index (χ2v) is 5.10. The highest BCUT2D eigenvalue weighted by molar-refractivity contribution is 6.30. The molecule has 1 aromatic rings. The molecule has 98 valence electrons. The van der Waals surface area contributed by atoms with E-state index in [9.17, 15) is 9.18 Å². The van der Waals surface area contributed by atoms with E-state index in [4.69, 9.17) is 16.3 Å². The van der Waals surface area contributed by atoms with Crippen molar-refractivity contribution in [3.63, 3.8) is 0 Å². The smallest absolute Gasteiger partial charge is 0.145 e. The number of halogens is 2. The number of carbonyl (C=O) groups excluding carboxylic acids is 1. The largest absolute Gasteiger partial charge is 0.381 e. The van der Waals surface area contributed by atoms with E-state index in [-0.39, 0.29) is 17.2 Å². The fourth-order valence-electron chi connectivity index (χ4n) is 2.24. The van der Waals surface area contributed by atoms with Gasteiger partial charge in [-0.2, -0.15) is 0 Å². The molecule has 0 N–H and O–H groups in total. The summed E-state index contributed by atoms with van der Waals surface area (Å²) in [5, 5.41) is 0.0753. The Balaban J connectivity index is 1.92. The fraction of sp³-hybridized carbons (Fsp3) is 0.500. The molecule has 2 nitrogen and oxygen atoms in total. The first kappa shape index (κ1) is 13.5. The molecule has 2 rings (SSSR count). The predicted molar refractivity (Wildman–Crippen MR) is 68.3 cm³/mol. The Morgan fingerprint density at radius 2 is 2.11 bits per heavy atom. The molecule has 1 saturated heterocycles. The Morgan fingerprint density at radius 3 is 2.83 bits per heavy atom. The molecule has 0 unspecified atom stereocenters. The molecular weight excluding hydrogens is 255 g/mol. The Labute approximate surface area is 111 Å². The Hall–Kier alpha value is -0.930. The Bertz CT molecular complexity index is 428. The minimum absolute atomic E-state index is 0.0723. The van der Waals surface area contributed by atoms with Crippen LogP contribution in [0.5, 0.6) is 0 Å². The maximum Gasteiger partial charge on any atom is 0.145 e. The molecule has 1 fully saturated rings. The minimum Gasteiger partial charge on any atom is -0.381 e. The van der Waals surface area contributed by atoms with Crippen molar-refractivity contribution >= 4 is 17.4 Å². The normalized spacial score (nSPS) is 16.8. The van der Waals surface area contributed by atoms with Crippen molar-refractivity contribution < 1.29 is 13.9 Å². The second kappa shape index (κ2) is 6.30. The molecule has 0 aromatic heterocycles. The number of benzene rings is 1. The lowest BCUT2D eigenvalue weighted by Gasteiger charge is -2.21. The summed E-state index contributed by atoms with van der Waals surface area (Å²) in [6, 6.07) is 4.77. The average Bonchev–Trinajstić information content (AvgIpc) is 2.36. The van der Waals surface area contributed by atoms with E-state index < -0.39 is 5.82 Å². The van der Waals surface area contributed by atoms with Gasteiger partial charge in [0.25, 0.3) is 0 Å². The van der Waals surface area contributed by atoms with Crippen LogP contribution in [0.1, 0.15) is 24.8 Å². The summed E-state index contributed by atoms with van der Waals surface area (Å²) in [6.45, 7) is 1.45. The van der Waals surface area contributed by atoms with E-state index >= 15 is 0 Å². The molecule has 0 saturated carbocycles. The average molecular weight is 271 g/mol. The molecule has 0 bridgehead atoms. The van der Waals surface area contributed by atoms with Gasteiger partial charge in [-0.25, -0.2) is 4.39 Å². The molecule has 0 atom stereocenters. The van der Waals surface area contributed by atoms with Gasteiger partial charge in [-0.05, 0) is 30.4 Å². The van der Waals surface area contributed by atoms with Crippen LogP contribution < -0.4 is 0 Å². The van der Waals surface area contributed by atoms with Gasteiger partial charge >= 0.3 is 0 Å². The summed E-state index contributed by atoms with van der Waals surface area (Å²) in [5.74, 6) is -0.0175. The molecule has 0 radical (unpaired) electrons. The second-order valence-electron chi connectivity index (χ2n) is 4.69. The summed E-state index contributed by atoms with van der Waals surface area (Å²) < 4.78 is 18.9. The number of hydrogen-bond acceptors (Lipinski definition) is 2. The molecule has 1 aliphatic heterocycles. The number of rotatable bonds is 4. The van der Waals surface area contributed by atoms with Gasteiger partial charge < -0.3 is 4.74 Å². The van der Waals surface area contributed by atoms with E-state index in [0.717, 1.165) is 26.1 Å². The van der Waals surface area contributed by atoms with Crippen molar-refractivity contribution in [1.82, 2.24) is 0 Å². The lowest BCUT2D eigenvalue weighted by molar-refractivity contribution is -0.120. The van der Waals surface area contributed by atoms with Crippen LogP contribution in [0.15, 0.2) is 18.2 Å². The zero-order valence-electron chi connectivity index (χ0n) is 10.1. The SMILES string of the molecule is O=C(Cc1cccc(Cl)c1F)CC1CCOCC1. The highest BCUT2D eigenvalue weighted by Crippen LogP contribution is 2.22. The van der Waals surface area contributed by atoms with Gasteiger partial charge in [0.2, 0.25) is 0 Å². The summed E-state index contributed by atoms with van der Waals surface area (Å²) >= 11 is 5.69. The van der Waals surface area contributed by atoms with E-state index in [2.05, 4.69) is 0 Å². The van der Waals surface area contributed by atoms with Crippen molar-refractivity contribution in [3.8, 4) is 0 Å². The molecule has 0 spiro atoms. The number of ether oxygens (including phenoxy) is 1. The van der Waals surface area contributed by atoms with Crippen LogP contribution in [0.2, 0.25) is 5.02 Å². The van der Waals surface area contributed by atoms with E-state index in [0.29, 0.717) is 17.9 Å². The third-order valence-electron chi connectivity index (χ3n) is 3.28. The highest BCUT2D eigenvalue weighted by atomic mass is 35.5. The van der Waals surface area contributed by atoms with Crippen LogP contribution in [0.3, 0.4) is 0 Å². The molecule has 1 aromatic carbocycles. The standard InChI is InChI=1S/C14H16ClFO2/c15-13-3-1-2-11(14(13)16)9-12(17)8-10-4-6-18-7-5-10/h1-3,10H,4-9H2. The molecule has 1 heterocycles. The van der Waals surface area contributed by atoms with Gasteiger partial charge in [-0.3, -0.25) is 4.79 Å². The highest BCUT2D eigenvalue weighted by Gasteiger charge is 2.18. The van der Waals surface area contributed by atoms with Gasteiger partial charge in [0.15, 0.2) is 0 Å². The molecule has 0 aliphatic carbocycles. The summed E-state index contributed by atoms with van der Waals surface area (Å²) in [6.07, 6.45) is 2.48. The van der Waals surface area contributed by atoms with Crippen molar-refractivity contribution in [2.24, 2.45) is 5.92 Å². The maximum absolute atomic E-state index is 13.6. The van der Waals surface area contributed by atoms with E-state index in [1.807, 2.05) is 0 Å². The van der Waals surface area contributed by atoms with Crippen LogP contribution in [-0.4, -0.2) is 19.0 Å². The van der Waals surface area contributed by atoms with E-state index in [1.165, 1.54) is 6.07 Å². The molecule has 1 aliphatic rings. The molecular formula is C14H16ClFO2. The van der Waals surface area contributed by atoms with Gasteiger partial charge in [0, 0.05) is 26.1 Å². The molecule has 18 heavy (non-hydrogen) atoms.